The zero-order valence-electron chi connectivity index (χ0n) is 15.4. The molecular formula is C21H24N2O4. The minimum Gasteiger partial charge on any atom is -0.472 e. The van der Waals surface area contributed by atoms with Crippen LogP contribution in [0.2, 0.25) is 0 Å². The summed E-state index contributed by atoms with van der Waals surface area (Å²) in [4.78, 5) is 14.7. The highest BCUT2D eigenvalue weighted by Crippen LogP contribution is 2.31. The van der Waals surface area contributed by atoms with Crippen molar-refractivity contribution in [2.45, 2.75) is 31.9 Å². The lowest BCUT2D eigenvalue weighted by atomic mass is 9.95. The first kappa shape index (κ1) is 17.8. The van der Waals surface area contributed by atoms with E-state index in [0.29, 0.717) is 37.4 Å². The third kappa shape index (κ3) is 3.50. The topological polar surface area (TPSA) is 85.0 Å². The van der Waals surface area contributed by atoms with Gasteiger partial charge in [0.25, 0.3) is 5.91 Å². The molecule has 1 amide bonds. The number of aliphatic hydroxyl groups excluding tert-OH is 1. The predicted octanol–water partition coefficient (Wildman–Crippen LogP) is 2.11. The van der Waals surface area contributed by atoms with Crippen molar-refractivity contribution < 1.29 is 19.4 Å². The molecule has 6 heteroatoms. The lowest BCUT2D eigenvalue weighted by Gasteiger charge is -2.39. The third-order valence-corrected chi connectivity index (χ3v) is 5.35. The summed E-state index contributed by atoms with van der Waals surface area (Å²) in [6, 6.07) is 11.2. The van der Waals surface area contributed by atoms with E-state index in [1.165, 1.54) is 0 Å². The van der Waals surface area contributed by atoms with Gasteiger partial charge in [0.05, 0.1) is 24.3 Å². The van der Waals surface area contributed by atoms with Crippen molar-refractivity contribution in [3.8, 4) is 5.75 Å². The Balaban J connectivity index is 1.61. The number of amides is 1. The number of carbonyl (C=O) groups excluding carboxylic acids is 1. The van der Waals surface area contributed by atoms with Gasteiger partial charge in [0, 0.05) is 12.3 Å². The number of carbonyl (C=O) groups is 1. The summed E-state index contributed by atoms with van der Waals surface area (Å²) >= 11 is 0. The van der Waals surface area contributed by atoms with Gasteiger partial charge in [-0.3, -0.25) is 9.69 Å². The van der Waals surface area contributed by atoms with Gasteiger partial charge >= 0.3 is 0 Å². The maximum atomic E-state index is 13.1. The number of benzene rings is 2. The molecule has 2 aromatic carbocycles. The van der Waals surface area contributed by atoms with E-state index in [1.54, 1.807) is 4.90 Å². The van der Waals surface area contributed by atoms with E-state index in [-0.39, 0.29) is 18.7 Å². The maximum Gasteiger partial charge on any atom is 0.260 e. The molecule has 0 aliphatic carbocycles. The molecule has 1 fully saturated rings. The van der Waals surface area contributed by atoms with Crippen LogP contribution in [0.15, 0.2) is 36.4 Å². The average Bonchev–Trinajstić information content (AvgIpc) is 2.66. The number of ether oxygens (including phenoxy) is 2. The second kappa shape index (κ2) is 7.21. The van der Waals surface area contributed by atoms with Crippen molar-refractivity contribution >= 4 is 11.6 Å². The molecule has 2 aliphatic rings. The number of hydrogen-bond donors (Lipinski definition) is 2. The van der Waals surface area contributed by atoms with Crippen molar-refractivity contribution in [3.05, 3.63) is 58.7 Å². The lowest BCUT2D eigenvalue weighted by molar-refractivity contribution is -0.0696. The van der Waals surface area contributed by atoms with Crippen LogP contribution < -0.4 is 10.5 Å². The zero-order valence-corrected chi connectivity index (χ0v) is 15.4. The molecule has 27 heavy (non-hydrogen) atoms. The summed E-state index contributed by atoms with van der Waals surface area (Å²) in [5, 5.41) is 10.3. The van der Waals surface area contributed by atoms with Crippen LogP contribution in [0, 0.1) is 6.92 Å². The lowest BCUT2D eigenvalue weighted by Crippen LogP contribution is -2.54. The molecule has 3 N–H and O–H groups in total. The summed E-state index contributed by atoms with van der Waals surface area (Å²) in [5.41, 5.74) is 10.3. The molecule has 2 aromatic rings. The van der Waals surface area contributed by atoms with Crippen LogP contribution in [-0.4, -0.2) is 48.0 Å². The van der Waals surface area contributed by atoms with Gasteiger partial charge in [0.2, 0.25) is 0 Å². The number of aryl methyl sites for hydroxylation is 1. The number of rotatable bonds is 3. The molecule has 0 saturated carbocycles. The number of nitrogens with zero attached hydrogens (tertiary/aromatic N) is 1. The quantitative estimate of drug-likeness (QED) is 0.811. The molecule has 1 saturated heterocycles. The number of nitrogens with two attached hydrogens (primary N) is 1. The smallest absolute Gasteiger partial charge is 0.260 e. The summed E-state index contributed by atoms with van der Waals surface area (Å²) in [5.74, 6) is 0.477. The first-order valence-corrected chi connectivity index (χ1v) is 9.20. The van der Waals surface area contributed by atoms with Gasteiger partial charge in [-0.2, -0.15) is 0 Å². The Morgan fingerprint density at radius 1 is 1.26 bits per heavy atom. The molecule has 0 spiro atoms. The van der Waals surface area contributed by atoms with Crippen molar-refractivity contribution in [3.63, 3.8) is 0 Å². The average molecular weight is 368 g/mol. The van der Waals surface area contributed by atoms with Gasteiger partial charge in [-0.15, -0.1) is 0 Å². The van der Waals surface area contributed by atoms with Gasteiger partial charge in [-0.05, 0) is 60.7 Å². The van der Waals surface area contributed by atoms with Gasteiger partial charge in [-0.25, -0.2) is 0 Å². The standard InChI is InChI=1S/C21H24N2O4/c1-13-8-20-17(10-15(13)9-14-2-4-16(22)5-3-14)21(25)23(12-27-20)18-11-26-7-6-19(18)24/h2-5,8,10,18-19,24H,6-7,9,11-12,22H2,1H3. The summed E-state index contributed by atoms with van der Waals surface area (Å²) in [6.07, 6.45) is 0.645. The molecule has 4 rings (SSSR count). The van der Waals surface area contributed by atoms with Crippen LogP contribution in [0.4, 0.5) is 5.69 Å². The first-order valence-electron chi connectivity index (χ1n) is 9.20. The van der Waals surface area contributed by atoms with Crippen molar-refractivity contribution in [1.29, 1.82) is 0 Å². The normalized spacial score (nSPS) is 22.3. The molecule has 2 unspecified atom stereocenters. The van der Waals surface area contributed by atoms with Crippen LogP contribution in [-0.2, 0) is 11.2 Å². The Bertz CT molecular complexity index is 850. The highest BCUT2D eigenvalue weighted by molar-refractivity contribution is 5.98. The Hall–Kier alpha value is -2.57. The first-order chi connectivity index (χ1) is 13.0. The Morgan fingerprint density at radius 2 is 2.04 bits per heavy atom. The minimum atomic E-state index is -0.590. The highest BCUT2D eigenvalue weighted by Gasteiger charge is 2.37. The van der Waals surface area contributed by atoms with Crippen molar-refractivity contribution in [2.75, 3.05) is 25.7 Å². The molecule has 2 atom stereocenters. The largest absolute Gasteiger partial charge is 0.472 e. The molecule has 0 radical (unpaired) electrons. The maximum absolute atomic E-state index is 13.1. The fourth-order valence-electron chi connectivity index (χ4n) is 3.67. The zero-order chi connectivity index (χ0) is 19.0. The number of fused-ring (bicyclic) bond motifs is 1. The van der Waals surface area contributed by atoms with Crippen molar-refractivity contribution in [2.24, 2.45) is 0 Å². The summed E-state index contributed by atoms with van der Waals surface area (Å²) in [7, 11) is 0. The minimum absolute atomic E-state index is 0.121. The van der Waals surface area contributed by atoms with E-state index in [2.05, 4.69) is 0 Å². The van der Waals surface area contributed by atoms with E-state index in [4.69, 9.17) is 15.2 Å². The molecule has 0 aromatic heterocycles. The molecular weight excluding hydrogens is 344 g/mol. The summed E-state index contributed by atoms with van der Waals surface area (Å²) in [6.45, 7) is 3.00. The predicted molar refractivity (Wildman–Crippen MR) is 102 cm³/mol. The molecule has 2 aliphatic heterocycles. The van der Waals surface area contributed by atoms with E-state index in [1.807, 2.05) is 43.3 Å². The van der Waals surface area contributed by atoms with Crippen LogP contribution in [0.5, 0.6) is 5.75 Å². The van der Waals surface area contributed by atoms with Crippen LogP contribution in [0.1, 0.15) is 33.5 Å². The highest BCUT2D eigenvalue weighted by atomic mass is 16.5. The number of anilines is 1. The van der Waals surface area contributed by atoms with Gasteiger partial charge in [0.15, 0.2) is 6.73 Å². The van der Waals surface area contributed by atoms with Gasteiger partial charge in [-0.1, -0.05) is 12.1 Å². The molecule has 2 heterocycles. The fourth-order valence-corrected chi connectivity index (χ4v) is 3.67. The number of aliphatic hydroxyl groups is 1. The van der Waals surface area contributed by atoms with Crippen molar-refractivity contribution in [1.82, 2.24) is 4.90 Å². The second-order valence-corrected chi connectivity index (χ2v) is 7.24. The van der Waals surface area contributed by atoms with Gasteiger partial charge < -0.3 is 20.3 Å². The van der Waals surface area contributed by atoms with E-state index < -0.39 is 6.10 Å². The Labute approximate surface area is 158 Å². The monoisotopic (exact) mass is 368 g/mol. The van der Waals surface area contributed by atoms with Crippen LogP contribution >= 0.6 is 0 Å². The van der Waals surface area contributed by atoms with Crippen LogP contribution in [0.25, 0.3) is 0 Å². The number of hydrogen-bond acceptors (Lipinski definition) is 5. The molecule has 142 valence electrons. The Kier molecular flexibility index (Phi) is 4.76. The van der Waals surface area contributed by atoms with Gasteiger partial charge in [0.1, 0.15) is 5.75 Å². The molecule has 0 bridgehead atoms. The second-order valence-electron chi connectivity index (χ2n) is 7.24. The Morgan fingerprint density at radius 3 is 2.78 bits per heavy atom. The number of nitrogen functional groups attached to an aromatic ring is 1. The SMILES string of the molecule is Cc1cc2c(cc1Cc1ccc(N)cc1)C(=O)N(C1COCCC1O)CO2. The third-order valence-electron chi connectivity index (χ3n) is 5.35. The fraction of sp³-hybridized carbons (Fsp3) is 0.381. The van der Waals surface area contributed by atoms with E-state index >= 15 is 0 Å². The molecule has 6 nitrogen and oxygen atoms in total. The van der Waals surface area contributed by atoms with E-state index in [9.17, 15) is 9.90 Å². The van der Waals surface area contributed by atoms with Crippen LogP contribution in [0.3, 0.4) is 0 Å². The summed E-state index contributed by atoms with van der Waals surface area (Å²) < 4.78 is 11.3. The van der Waals surface area contributed by atoms with E-state index in [0.717, 1.165) is 22.4 Å².